The first kappa shape index (κ1) is 24.5. The maximum absolute atomic E-state index is 14.7. The number of ether oxygens (including phenoxy) is 1. The van der Waals surface area contributed by atoms with Gasteiger partial charge in [0.2, 0.25) is 0 Å². The van der Waals surface area contributed by atoms with Gasteiger partial charge in [-0.3, -0.25) is 19.4 Å². The zero-order chi connectivity index (χ0) is 27.6. The van der Waals surface area contributed by atoms with Gasteiger partial charge in [-0.25, -0.2) is 0 Å². The van der Waals surface area contributed by atoms with E-state index in [2.05, 4.69) is 0 Å². The highest BCUT2D eigenvalue weighted by atomic mass is 35.5. The molecule has 40 heavy (non-hydrogen) atoms. The van der Waals surface area contributed by atoms with Gasteiger partial charge in [0.1, 0.15) is 17.2 Å². The van der Waals surface area contributed by atoms with Gasteiger partial charge in [-0.05, 0) is 53.1 Å². The summed E-state index contributed by atoms with van der Waals surface area (Å²) in [6.45, 7) is 0. The largest absolute Gasteiger partial charge is 0.497 e. The summed E-state index contributed by atoms with van der Waals surface area (Å²) in [6, 6.07) is 26.8. The molecule has 3 atom stereocenters. The number of carbonyl (C=O) groups excluding carboxylic acids is 3. The molecule has 1 aliphatic carbocycles. The van der Waals surface area contributed by atoms with Crippen molar-refractivity contribution in [2.75, 3.05) is 7.11 Å². The van der Waals surface area contributed by atoms with Crippen LogP contribution in [0.1, 0.15) is 59.7 Å². The molecule has 7 rings (SSSR count). The molecule has 0 saturated carbocycles. The number of rotatable bonds is 4. The van der Waals surface area contributed by atoms with Gasteiger partial charge < -0.3 is 4.74 Å². The number of methoxy groups -OCH3 is 1. The Labute approximate surface area is 235 Å². The summed E-state index contributed by atoms with van der Waals surface area (Å²) >= 11 is 6.14. The number of hydrazone groups is 1. The van der Waals surface area contributed by atoms with Crippen molar-refractivity contribution in [1.82, 2.24) is 5.01 Å². The molecule has 2 heterocycles. The van der Waals surface area contributed by atoms with Crippen molar-refractivity contribution >= 4 is 35.2 Å². The van der Waals surface area contributed by atoms with Crippen LogP contribution >= 0.6 is 11.6 Å². The number of carbonyl (C=O) groups is 3. The molecular weight excluding hydrogens is 524 g/mol. The first-order chi connectivity index (χ1) is 19.5. The molecular formula is C33H23ClN2O4. The molecule has 4 aromatic carbocycles. The van der Waals surface area contributed by atoms with Crippen molar-refractivity contribution in [1.29, 1.82) is 0 Å². The summed E-state index contributed by atoms with van der Waals surface area (Å²) in [7, 11) is 1.57. The molecule has 0 amide bonds. The number of hydrogen-bond donors (Lipinski definition) is 0. The van der Waals surface area contributed by atoms with E-state index in [-0.39, 0.29) is 17.3 Å². The second kappa shape index (κ2) is 9.00. The fraction of sp³-hybridized carbons (Fsp3) is 0.152. The second-order valence-electron chi connectivity index (χ2n) is 10.3. The number of nitrogens with zero attached hydrogens (tertiary/aromatic N) is 2. The van der Waals surface area contributed by atoms with E-state index in [4.69, 9.17) is 21.4 Å². The van der Waals surface area contributed by atoms with Gasteiger partial charge in [0.05, 0.1) is 19.4 Å². The lowest BCUT2D eigenvalue weighted by Gasteiger charge is -2.36. The van der Waals surface area contributed by atoms with Crippen molar-refractivity contribution in [3.63, 3.8) is 0 Å². The number of Topliss-reactive ketones (excluding diaryl/α,β-unsaturated/α-hetero) is 3. The minimum Gasteiger partial charge on any atom is -0.497 e. The number of halogens is 1. The average Bonchev–Trinajstić information content (AvgIpc) is 3.43. The van der Waals surface area contributed by atoms with Gasteiger partial charge in [-0.2, -0.15) is 5.10 Å². The Morgan fingerprint density at radius 1 is 0.850 bits per heavy atom. The minimum absolute atomic E-state index is 0.243. The Morgan fingerprint density at radius 3 is 2.12 bits per heavy atom. The molecule has 1 spiro atoms. The van der Waals surface area contributed by atoms with Crippen LogP contribution in [0.5, 0.6) is 5.75 Å². The van der Waals surface area contributed by atoms with Gasteiger partial charge in [-0.1, -0.05) is 72.3 Å². The summed E-state index contributed by atoms with van der Waals surface area (Å²) in [5.74, 6) is -1.02. The standard InChI is InChI=1S/C33H23ClN2O4/c1-40-23-16-12-19(13-17-23)27-28(29(37)20-10-14-22(34)15-11-20)36-30(24-7-3-2-6-21(24)18-35-36)33(27)31(38)25-8-4-5-9-26(25)32(33)39/h2-18,27-28,30H,1H3. The molecule has 7 heteroatoms. The van der Waals surface area contributed by atoms with Gasteiger partial charge >= 0.3 is 0 Å². The summed E-state index contributed by atoms with van der Waals surface area (Å²) in [5.41, 5.74) is 1.84. The van der Waals surface area contributed by atoms with Crippen molar-refractivity contribution in [3.05, 3.63) is 135 Å². The lowest BCUT2D eigenvalue weighted by molar-refractivity contribution is 0.0586. The fourth-order valence-corrected chi connectivity index (χ4v) is 6.87. The molecule has 0 N–H and O–H groups in total. The third kappa shape index (κ3) is 3.23. The van der Waals surface area contributed by atoms with Crippen LogP contribution in [0.15, 0.2) is 102 Å². The molecule has 2 aliphatic heterocycles. The highest BCUT2D eigenvalue weighted by molar-refractivity contribution is 6.32. The van der Waals surface area contributed by atoms with Crippen LogP contribution in [0, 0.1) is 5.41 Å². The van der Waals surface area contributed by atoms with Crippen LogP contribution in [-0.4, -0.2) is 41.7 Å². The van der Waals surface area contributed by atoms with Crippen molar-refractivity contribution in [2.45, 2.75) is 18.0 Å². The van der Waals surface area contributed by atoms with Gasteiger partial charge in [0.25, 0.3) is 0 Å². The zero-order valence-corrected chi connectivity index (χ0v) is 22.2. The Bertz CT molecular complexity index is 1690. The van der Waals surface area contributed by atoms with Gasteiger partial charge in [0, 0.05) is 27.6 Å². The van der Waals surface area contributed by atoms with E-state index < -0.39 is 23.4 Å². The van der Waals surface area contributed by atoms with Crippen molar-refractivity contribution < 1.29 is 19.1 Å². The molecule has 0 bridgehead atoms. The fourth-order valence-electron chi connectivity index (χ4n) is 6.75. The summed E-state index contributed by atoms with van der Waals surface area (Å²) in [5, 5.41) is 6.97. The Kier molecular flexibility index (Phi) is 5.51. The number of benzene rings is 4. The molecule has 3 unspecified atom stereocenters. The maximum Gasteiger partial charge on any atom is 0.187 e. The first-order valence-corrected chi connectivity index (χ1v) is 13.4. The summed E-state index contributed by atoms with van der Waals surface area (Å²) < 4.78 is 5.39. The third-order valence-corrected chi connectivity index (χ3v) is 8.70. The molecule has 6 nitrogen and oxygen atoms in total. The molecule has 1 saturated heterocycles. The smallest absolute Gasteiger partial charge is 0.187 e. The van der Waals surface area contributed by atoms with E-state index in [9.17, 15) is 14.4 Å². The highest BCUT2D eigenvalue weighted by Gasteiger charge is 2.72. The van der Waals surface area contributed by atoms with Crippen LogP contribution in [0.4, 0.5) is 0 Å². The van der Waals surface area contributed by atoms with Crippen molar-refractivity contribution in [3.8, 4) is 5.75 Å². The van der Waals surface area contributed by atoms with Crippen LogP contribution in [0.25, 0.3) is 0 Å². The van der Waals surface area contributed by atoms with Crippen molar-refractivity contribution in [2.24, 2.45) is 10.5 Å². The third-order valence-electron chi connectivity index (χ3n) is 8.45. The molecule has 3 aliphatic rings. The second-order valence-corrected chi connectivity index (χ2v) is 10.7. The normalized spacial score (nSPS) is 21.8. The van der Waals surface area contributed by atoms with Crippen LogP contribution in [0.2, 0.25) is 5.02 Å². The Balaban J connectivity index is 1.54. The zero-order valence-electron chi connectivity index (χ0n) is 21.5. The lowest BCUT2D eigenvalue weighted by atomic mass is 9.63. The Morgan fingerprint density at radius 2 is 1.48 bits per heavy atom. The maximum atomic E-state index is 14.7. The monoisotopic (exact) mass is 546 g/mol. The lowest BCUT2D eigenvalue weighted by Crippen LogP contribution is -2.43. The van der Waals surface area contributed by atoms with Crippen LogP contribution in [0.3, 0.4) is 0 Å². The first-order valence-electron chi connectivity index (χ1n) is 13.0. The van der Waals surface area contributed by atoms with Crippen LogP contribution < -0.4 is 4.74 Å². The highest BCUT2D eigenvalue weighted by Crippen LogP contribution is 2.64. The summed E-state index contributed by atoms with van der Waals surface area (Å²) in [4.78, 5) is 43.9. The molecule has 0 radical (unpaired) electrons. The topological polar surface area (TPSA) is 76.0 Å². The average molecular weight is 547 g/mol. The summed E-state index contributed by atoms with van der Waals surface area (Å²) in [6.07, 6.45) is 1.70. The van der Waals surface area contributed by atoms with E-state index in [1.54, 1.807) is 79.0 Å². The predicted octanol–water partition coefficient (Wildman–Crippen LogP) is 6.15. The van der Waals surface area contributed by atoms with E-state index in [1.165, 1.54) is 0 Å². The molecule has 196 valence electrons. The minimum atomic E-state index is -1.61. The number of ketones is 3. The molecule has 0 aromatic heterocycles. The van der Waals surface area contributed by atoms with E-state index >= 15 is 0 Å². The van der Waals surface area contributed by atoms with E-state index in [0.717, 1.165) is 11.1 Å². The predicted molar refractivity (Wildman–Crippen MR) is 151 cm³/mol. The Hall–Kier alpha value is -4.55. The quantitative estimate of drug-likeness (QED) is 0.226. The number of hydrogen-bond acceptors (Lipinski definition) is 6. The molecule has 4 aromatic rings. The van der Waals surface area contributed by atoms with Gasteiger partial charge in [0.15, 0.2) is 17.3 Å². The van der Waals surface area contributed by atoms with Crippen LogP contribution in [-0.2, 0) is 0 Å². The van der Waals surface area contributed by atoms with Gasteiger partial charge in [-0.15, -0.1) is 0 Å². The molecule has 1 fully saturated rings. The SMILES string of the molecule is COc1ccc(C2C(C(=O)c3ccc(Cl)cc3)N3N=Cc4ccccc4C3C23C(=O)c2ccccc2C3=O)cc1. The van der Waals surface area contributed by atoms with E-state index in [1.807, 2.05) is 36.4 Å². The van der Waals surface area contributed by atoms with E-state index in [0.29, 0.717) is 33.0 Å². The number of fused-ring (bicyclic) bond motifs is 5.